The van der Waals surface area contributed by atoms with Gasteiger partial charge < -0.3 is 10.2 Å². The molecule has 1 N–H and O–H groups in total. The molecular weight excluding hydrogens is 505 g/mol. The summed E-state index contributed by atoms with van der Waals surface area (Å²) in [5.41, 5.74) is 2.74. The van der Waals surface area contributed by atoms with E-state index in [9.17, 15) is 22.4 Å². The SMILES string of the molecule is Cc1ccc(N(CC(=O)N(Cc2ccc(F)cc2)[C@H](Cc2ccccc2)C(=O)NC(C)C)S(C)(=O)=O)cc1. The van der Waals surface area contributed by atoms with Crippen molar-refractivity contribution in [1.82, 2.24) is 10.2 Å². The highest BCUT2D eigenvalue weighted by Crippen LogP contribution is 2.21. The topological polar surface area (TPSA) is 86.8 Å². The van der Waals surface area contributed by atoms with Gasteiger partial charge in [0.1, 0.15) is 18.4 Å². The average molecular weight is 540 g/mol. The summed E-state index contributed by atoms with van der Waals surface area (Å²) in [5, 5.41) is 2.89. The van der Waals surface area contributed by atoms with E-state index < -0.39 is 34.3 Å². The van der Waals surface area contributed by atoms with Crippen molar-refractivity contribution < 1.29 is 22.4 Å². The van der Waals surface area contributed by atoms with Crippen molar-refractivity contribution in [2.75, 3.05) is 17.1 Å². The van der Waals surface area contributed by atoms with Crippen molar-refractivity contribution in [3.8, 4) is 0 Å². The molecule has 0 aliphatic heterocycles. The van der Waals surface area contributed by atoms with E-state index in [1.807, 2.05) is 51.1 Å². The Labute approximate surface area is 224 Å². The van der Waals surface area contributed by atoms with Crippen LogP contribution >= 0.6 is 0 Å². The highest BCUT2D eigenvalue weighted by molar-refractivity contribution is 7.92. The Bertz CT molecular complexity index is 1330. The molecule has 0 spiro atoms. The number of nitrogens with one attached hydrogen (secondary N) is 1. The Balaban J connectivity index is 2.04. The van der Waals surface area contributed by atoms with Gasteiger partial charge >= 0.3 is 0 Å². The molecule has 0 aromatic heterocycles. The first-order valence-corrected chi connectivity index (χ1v) is 14.2. The Kier molecular flexibility index (Phi) is 9.63. The highest BCUT2D eigenvalue weighted by Gasteiger charge is 2.33. The maximum Gasteiger partial charge on any atom is 0.244 e. The van der Waals surface area contributed by atoms with Crippen LogP contribution in [0.2, 0.25) is 0 Å². The largest absolute Gasteiger partial charge is 0.352 e. The van der Waals surface area contributed by atoms with Gasteiger partial charge in [0.2, 0.25) is 21.8 Å². The Hall–Kier alpha value is -3.72. The van der Waals surface area contributed by atoms with Gasteiger partial charge in [-0.15, -0.1) is 0 Å². The molecule has 3 aromatic carbocycles. The molecule has 202 valence electrons. The van der Waals surface area contributed by atoms with Crippen LogP contribution in [0.4, 0.5) is 10.1 Å². The van der Waals surface area contributed by atoms with Gasteiger partial charge in [-0.2, -0.15) is 0 Å². The number of anilines is 1. The van der Waals surface area contributed by atoms with Crippen molar-refractivity contribution in [2.45, 2.75) is 45.8 Å². The molecule has 1 atom stereocenters. The summed E-state index contributed by atoms with van der Waals surface area (Å²) in [7, 11) is -3.83. The summed E-state index contributed by atoms with van der Waals surface area (Å²) in [6.07, 6.45) is 1.26. The minimum atomic E-state index is -3.83. The van der Waals surface area contributed by atoms with Crippen LogP contribution in [0.5, 0.6) is 0 Å². The number of hydrogen-bond acceptors (Lipinski definition) is 4. The quantitative estimate of drug-likeness (QED) is 0.398. The molecule has 0 heterocycles. The van der Waals surface area contributed by atoms with E-state index in [0.29, 0.717) is 11.3 Å². The molecule has 9 heteroatoms. The van der Waals surface area contributed by atoms with Crippen LogP contribution in [0.1, 0.15) is 30.5 Å². The number of carbonyl (C=O) groups excluding carboxylic acids is 2. The van der Waals surface area contributed by atoms with E-state index in [0.717, 1.165) is 21.7 Å². The minimum Gasteiger partial charge on any atom is -0.352 e. The molecule has 0 saturated carbocycles. The normalized spacial score (nSPS) is 12.2. The molecule has 0 saturated heterocycles. The third-order valence-corrected chi connectivity index (χ3v) is 7.11. The zero-order valence-electron chi connectivity index (χ0n) is 22.1. The fourth-order valence-electron chi connectivity index (χ4n) is 4.05. The molecule has 0 unspecified atom stereocenters. The summed E-state index contributed by atoms with van der Waals surface area (Å²) >= 11 is 0. The second-order valence-electron chi connectivity index (χ2n) is 9.62. The van der Waals surface area contributed by atoms with Crippen molar-refractivity contribution >= 4 is 27.5 Å². The molecule has 0 radical (unpaired) electrons. The lowest BCUT2D eigenvalue weighted by molar-refractivity contribution is -0.140. The van der Waals surface area contributed by atoms with E-state index in [2.05, 4.69) is 5.32 Å². The lowest BCUT2D eigenvalue weighted by Gasteiger charge is -2.34. The van der Waals surface area contributed by atoms with Crippen LogP contribution in [0, 0.1) is 12.7 Å². The summed E-state index contributed by atoms with van der Waals surface area (Å²) in [4.78, 5) is 28.7. The van der Waals surface area contributed by atoms with Crippen LogP contribution in [-0.4, -0.2) is 50.0 Å². The first kappa shape index (κ1) is 28.8. The first-order chi connectivity index (χ1) is 17.9. The lowest BCUT2D eigenvalue weighted by atomic mass is 10.0. The van der Waals surface area contributed by atoms with Crippen molar-refractivity contribution in [2.24, 2.45) is 0 Å². The van der Waals surface area contributed by atoms with Crippen LogP contribution in [0.25, 0.3) is 0 Å². The Morgan fingerprint density at radius 2 is 1.50 bits per heavy atom. The zero-order valence-corrected chi connectivity index (χ0v) is 22.9. The van der Waals surface area contributed by atoms with Crippen LogP contribution in [-0.2, 0) is 32.6 Å². The lowest BCUT2D eigenvalue weighted by Crippen LogP contribution is -2.54. The van der Waals surface area contributed by atoms with Gasteiger partial charge in [0.15, 0.2) is 0 Å². The minimum absolute atomic E-state index is 0.00632. The summed E-state index contributed by atoms with van der Waals surface area (Å²) < 4.78 is 40.1. The molecule has 38 heavy (non-hydrogen) atoms. The van der Waals surface area contributed by atoms with E-state index in [4.69, 9.17) is 0 Å². The van der Waals surface area contributed by atoms with Crippen molar-refractivity contribution in [3.63, 3.8) is 0 Å². The van der Waals surface area contributed by atoms with Gasteiger partial charge in [0.05, 0.1) is 11.9 Å². The standard InChI is InChI=1S/C29H34FN3O4S/c1-21(2)31-29(35)27(18-23-8-6-5-7-9-23)32(19-24-12-14-25(30)15-13-24)28(34)20-33(38(4,36)37)26-16-10-22(3)11-17-26/h5-17,21,27H,18-20H2,1-4H3,(H,31,35)/t27-/m1/s1. The van der Waals surface area contributed by atoms with E-state index in [-0.39, 0.29) is 24.9 Å². The van der Waals surface area contributed by atoms with Gasteiger partial charge in [-0.1, -0.05) is 60.2 Å². The Morgan fingerprint density at radius 3 is 2.05 bits per heavy atom. The fourth-order valence-corrected chi connectivity index (χ4v) is 4.90. The predicted molar refractivity (Wildman–Crippen MR) is 148 cm³/mol. The molecule has 0 bridgehead atoms. The highest BCUT2D eigenvalue weighted by atomic mass is 32.2. The zero-order chi connectivity index (χ0) is 27.9. The molecular formula is C29H34FN3O4S. The van der Waals surface area contributed by atoms with E-state index in [1.54, 1.807) is 36.4 Å². The number of hydrogen-bond donors (Lipinski definition) is 1. The third-order valence-electron chi connectivity index (χ3n) is 5.97. The number of sulfonamides is 1. The number of amides is 2. The van der Waals surface area contributed by atoms with Gasteiger partial charge in [-0.05, 0) is 56.2 Å². The second-order valence-corrected chi connectivity index (χ2v) is 11.5. The number of halogens is 1. The van der Waals surface area contributed by atoms with Gasteiger partial charge in [0, 0.05) is 19.0 Å². The summed E-state index contributed by atoms with van der Waals surface area (Å²) in [5.74, 6) is -1.34. The van der Waals surface area contributed by atoms with Crippen molar-refractivity contribution in [3.05, 3.63) is 101 Å². The van der Waals surface area contributed by atoms with Gasteiger partial charge in [0.25, 0.3) is 0 Å². The third kappa shape index (κ3) is 8.14. The van der Waals surface area contributed by atoms with E-state index in [1.165, 1.54) is 17.0 Å². The summed E-state index contributed by atoms with van der Waals surface area (Å²) in [6.45, 7) is 5.03. The Morgan fingerprint density at radius 1 is 0.895 bits per heavy atom. The van der Waals surface area contributed by atoms with Crippen molar-refractivity contribution in [1.29, 1.82) is 0 Å². The number of carbonyl (C=O) groups is 2. The number of aryl methyl sites for hydroxylation is 1. The smallest absolute Gasteiger partial charge is 0.244 e. The maximum absolute atomic E-state index is 13.9. The molecule has 0 fully saturated rings. The second kappa shape index (κ2) is 12.7. The van der Waals surface area contributed by atoms with Gasteiger partial charge in [-0.3, -0.25) is 13.9 Å². The molecule has 7 nitrogen and oxygen atoms in total. The van der Waals surface area contributed by atoms with Gasteiger partial charge in [-0.25, -0.2) is 12.8 Å². The average Bonchev–Trinajstić information content (AvgIpc) is 2.86. The fraction of sp³-hybridized carbons (Fsp3) is 0.310. The predicted octanol–water partition coefficient (Wildman–Crippen LogP) is 4.06. The van der Waals surface area contributed by atoms with Crippen LogP contribution in [0.15, 0.2) is 78.9 Å². The molecule has 3 rings (SSSR count). The first-order valence-electron chi connectivity index (χ1n) is 12.4. The monoisotopic (exact) mass is 539 g/mol. The number of benzene rings is 3. The van der Waals surface area contributed by atoms with E-state index >= 15 is 0 Å². The number of rotatable bonds is 11. The number of nitrogens with zero attached hydrogens (tertiary/aromatic N) is 2. The summed E-state index contributed by atoms with van der Waals surface area (Å²) in [6, 6.07) is 20.7. The molecule has 2 amide bonds. The molecule has 0 aliphatic rings. The van der Waals surface area contributed by atoms with Crippen LogP contribution < -0.4 is 9.62 Å². The molecule has 0 aliphatic carbocycles. The van der Waals surface area contributed by atoms with Crippen LogP contribution in [0.3, 0.4) is 0 Å². The molecule has 3 aromatic rings. The maximum atomic E-state index is 13.9.